The summed E-state index contributed by atoms with van der Waals surface area (Å²) in [4.78, 5) is 0. The van der Waals surface area contributed by atoms with Gasteiger partial charge in [0.05, 0.1) is 5.56 Å². The Morgan fingerprint density at radius 1 is 1.38 bits per heavy atom. The molecule has 16 heavy (non-hydrogen) atoms. The summed E-state index contributed by atoms with van der Waals surface area (Å²) < 4.78 is 38.0. The zero-order valence-electron chi connectivity index (χ0n) is 8.81. The number of alkyl halides is 3. The molecule has 0 amide bonds. The van der Waals surface area contributed by atoms with Gasteiger partial charge in [0.1, 0.15) is 0 Å². The predicted molar refractivity (Wildman–Crippen MR) is 58.4 cm³/mol. The number of rotatable bonds is 3. The maximum atomic E-state index is 12.7. The van der Waals surface area contributed by atoms with Crippen molar-refractivity contribution in [2.24, 2.45) is 5.73 Å². The molecule has 5 heteroatoms. The van der Waals surface area contributed by atoms with Crippen molar-refractivity contribution in [2.75, 3.05) is 0 Å². The average Bonchev–Trinajstić information content (AvgIpc) is 2.13. The minimum Gasteiger partial charge on any atom is -0.328 e. The molecule has 0 aliphatic heterocycles. The maximum absolute atomic E-state index is 12.7. The zero-order valence-corrected chi connectivity index (χ0v) is 9.57. The molecule has 1 atom stereocenters. The van der Waals surface area contributed by atoms with Crippen LogP contribution in [0.1, 0.15) is 24.5 Å². The van der Waals surface area contributed by atoms with Crippen molar-refractivity contribution < 1.29 is 13.2 Å². The Morgan fingerprint density at radius 2 is 2.00 bits per heavy atom. The van der Waals surface area contributed by atoms with Gasteiger partial charge in [-0.25, -0.2) is 0 Å². The van der Waals surface area contributed by atoms with Gasteiger partial charge in [-0.05, 0) is 37.5 Å². The highest BCUT2D eigenvalue weighted by molar-refractivity contribution is 6.31. The SMILES string of the molecule is CC(N)CCc1c(Cl)cccc1C(F)(F)F. The van der Waals surface area contributed by atoms with Crippen LogP contribution < -0.4 is 5.73 Å². The van der Waals surface area contributed by atoms with E-state index in [0.717, 1.165) is 6.07 Å². The quantitative estimate of drug-likeness (QED) is 0.872. The van der Waals surface area contributed by atoms with E-state index >= 15 is 0 Å². The van der Waals surface area contributed by atoms with Crippen molar-refractivity contribution in [3.8, 4) is 0 Å². The van der Waals surface area contributed by atoms with Gasteiger partial charge in [0.2, 0.25) is 0 Å². The van der Waals surface area contributed by atoms with Gasteiger partial charge >= 0.3 is 6.18 Å². The van der Waals surface area contributed by atoms with Crippen molar-refractivity contribution in [1.82, 2.24) is 0 Å². The molecule has 0 heterocycles. The van der Waals surface area contributed by atoms with Crippen LogP contribution in [-0.2, 0) is 12.6 Å². The lowest BCUT2D eigenvalue weighted by Gasteiger charge is -2.15. The van der Waals surface area contributed by atoms with Crippen LogP contribution in [0.4, 0.5) is 13.2 Å². The molecule has 90 valence electrons. The van der Waals surface area contributed by atoms with Crippen molar-refractivity contribution in [3.05, 3.63) is 34.3 Å². The summed E-state index contributed by atoms with van der Waals surface area (Å²) >= 11 is 5.78. The van der Waals surface area contributed by atoms with Gasteiger partial charge < -0.3 is 5.73 Å². The van der Waals surface area contributed by atoms with E-state index < -0.39 is 11.7 Å². The van der Waals surface area contributed by atoms with E-state index in [0.29, 0.717) is 6.42 Å². The van der Waals surface area contributed by atoms with E-state index in [1.54, 1.807) is 6.92 Å². The molecule has 0 radical (unpaired) electrons. The number of halogens is 4. The van der Waals surface area contributed by atoms with E-state index in [1.165, 1.54) is 12.1 Å². The van der Waals surface area contributed by atoms with Crippen LogP contribution in [0.15, 0.2) is 18.2 Å². The molecule has 1 aromatic carbocycles. The van der Waals surface area contributed by atoms with Gasteiger partial charge in [0.25, 0.3) is 0 Å². The van der Waals surface area contributed by atoms with Crippen molar-refractivity contribution in [3.63, 3.8) is 0 Å². The molecule has 1 rings (SSSR count). The maximum Gasteiger partial charge on any atom is 0.416 e. The third-order valence-corrected chi connectivity index (χ3v) is 2.63. The minimum absolute atomic E-state index is 0.133. The van der Waals surface area contributed by atoms with Gasteiger partial charge in [-0.1, -0.05) is 17.7 Å². The fraction of sp³-hybridized carbons (Fsp3) is 0.455. The third-order valence-electron chi connectivity index (χ3n) is 2.27. The molecule has 1 aromatic rings. The Bertz CT molecular complexity index is 361. The van der Waals surface area contributed by atoms with E-state index in [2.05, 4.69) is 0 Å². The molecular formula is C11H13ClF3N. The smallest absolute Gasteiger partial charge is 0.328 e. The molecule has 0 fully saturated rings. The number of hydrogen-bond donors (Lipinski definition) is 1. The van der Waals surface area contributed by atoms with Crippen LogP contribution in [0.2, 0.25) is 5.02 Å². The Kier molecular flexibility index (Phi) is 4.21. The summed E-state index contributed by atoms with van der Waals surface area (Å²) in [5.74, 6) is 0. The lowest BCUT2D eigenvalue weighted by atomic mass is 10.0. The van der Waals surface area contributed by atoms with E-state index in [-0.39, 0.29) is 23.0 Å². The second kappa shape index (κ2) is 5.06. The van der Waals surface area contributed by atoms with Gasteiger partial charge in [-0.15, -0.1) is 0 Å². The van der Waals surface area contributed by atoms with Crippen LogP contribution in [0.25, 0.3) is 0 Å². The van der Waals surface area contributed by atoms with Crippen molar-refractivity contribution >= 4 is 11.6 Å². The standard InChI is InChI=1S/C11H13ClF3N/c1-7(16)5-6-8-9(11(13,14)15)3-2-4-10(8)12/h2-4,7H,5-6,16H2,1H3. The van der Waals surface area contributed by atoms with Crippen LogP contribution in [0.3, 0.4) is 0 Å². The fourth-order valence-corrected chi connectivity index (χ4v) is 1.72. The van der Waals surface area contributed by atoms with Crippen LogP contribution in [0, 0.1) is 0 Å². The zero-order chi connectivity index (χ0) is 12.3. The summed E-state index contributed by atoms with van der Waals surface area (Å²) in [5.41, 5.74) is 4.99. The van der Waals surface area contributed by atoms with Crippen molar-refractivity contribution in [1.29, 1.82) is 0 Å². The molecule has 0 aliphatic rings. The van der Waals surface area contributed by atoms with Crippen LogP contribution in [0.5, 0.6) is 0 Å². The molecule has 0 aliphatic carbocycles. The first-order valence-corrected chi connectivity index (χ1v) is 5.30. The summed E-state index contributed by atoms with van der Waals surface area (Å²) in [5, 5.41) is 0.149. The predicted octanol–water partition coefficient (Wildman–Crippen LogP) is 3.64. The second-order valence-electron chi connectivity index (χ2n) is 3.78. The summed E-state index contributed by atoms with van der Waals surface area (Å²) in [6, 6.07) is 3.67. The van der Waals surface area contributed by atoms with E-state index in [4.69, 9.17) is 17.3 Å². The molecule has 0 saturated heterocycles. The minimum atomic E-state index is -4.36. The van der Waals surface area contributed by atoms with Gasteiger partial charge in [0, 0.05) is 11.1 Å². The topological polar surface area (TPSA) is 26.0 Å². The molecule has 0 spiro atoms. The first-order valence-electron chi connectivity index (χ1n) is 4.92. The lowest BCUT2D eigenvalue weighted by Crippen LogP contribution is -2.17. The second-order valence-corrected chi connectivity index (χ2v) is 4.19. The first-order chi connectivity index (χ1) is 7.32. The molecule has 2 N–H and O–H groups in total. The molecule has 1 unspecified atom stereocenters. The van der Waals surface area contributed by atoms with Crippen molar-refractivity contribution in [2.45, 2.75) is 32.0 Å². The van der Waals surface area contributed by atoms with E-state index in [1.807, 2.05) is 0 Å². The molecule has 0 saturated carbocycles. The summed E-state index contributed by atoms with van der Waals surface area (Å²) in [7, 11) is 0. The van der Waals surface area contributed by atoms with E-state index in [9.17, 15) is 13.2 Å². The largest absolute Gasteiger partial charge is 0.416 e. The molecular weight excluding hydrogens is 239 g/mol. The first kappa shape index (κ1) is 13.3. The third kappa shape index (κ3) is 3.39. The number of benzene rings is 1. The highest BCUT2D eigenvalue weighted by Gasteiger charge is 2.33. The fourth-order valence-electron chi connectivity index (χ4n) is 1.45. The average molecular weight is 252 g/mol. The Hall–Kier alpha value is -0.740. The molecule has 1 nitrogen and oxygen atoms in total. The van der Waals surface area contributed by atoms with Gasteiger partial charge in [-0.2, -0.15) is 13.2 Å². The van der Waals surface area contributed by atoms with Crippen LogP contribution in [-0.4, -0.2) is 6.04 Å². The Balaban J connectivity index is 3.04. The highest BCUT2D eigenvalue weighted by Crippen LogP contribution is 2.35. The monoisotopic (exact) mass is 251 g/mol. The highest BCUT2D eigenvalue weighted by atomic mass is 35.5. The molecule has 0 aromatic heterocycles. The van der Waals surface area contributed by atoms with Crippen LogP contribution >= 0.6 is 11.6 Å². The lowest BCUT2D eigenvalue weighted by molar-refractivity contribution is -0.138. The normalized spacial score (nSPS) is 13.9. The Labute approximate surface area is 97.4 Å². The summed E-state index contributed by atoms with van der Waals surface area (Å²) in [6.45, 7) is 1.75. The summed E-state index contributed by atoms with van der Waals surface area (Å²) in [6.07, 6.45) is -3.64. The number of hydrogen-bond acceptors (Lipinski definition) is 1. The number of nitrogens with two attached hydrogens (primary N) is 1. The van der Waals surface area contributed by atoms with Gasteiger partial charge in [0.15, 0.2) is 0 Å². The Morgan fingerprint density at radius 3 is 2.50 bits per heavy atom. The van der Waals surface area contributed by atoms with Gasteiger partial charge in [-0.3, -0.25) is 0 Å². The molecule has 0 bridgehead atoms.